The van der Waals surface area contributed by atoms with Crippen molar-refractivity contribution in [3.05, 3.63) is 23.7 Å². The van der Waals surface area contributed by atoms with Gasteiger partial charge in [-0.2, -0.15) is 18.3 Å². The number of halogens is 3. The first kappa shape index (κ1) is 17.7. The second-order valence-corrected chi connectivity index (χ2v) is 6.59. The Kier molecular flexibility index (Phi) is 4.96. The van der Waals surface area contributed by atoms with Gasteiger partial charge < -0.3 is 5.32 Å². The number of rotatable bonds is 3. The molecule has 0 radical (unpaired) electrons. The van der Waals surface area contributed by atoms with E-state index < -0.39 is 11.9 Å². The Hall–Kier alpha value is -2.12. The number of nitrogens with zero attached hydrogens (tertiary/aromatic N) is 4. The molecule has 3 rings (SSSR count). The van der Waals surface area contributed by atoms with Crippen molar-refractivity contribution in [2.75, 3.05) is 5.32 Å². The average Bonchev–Trinajstić information content (AvgIpc) is 2.73. The summed E-state index contributed by atoms with van der Waals surface area (Å²) in [4.78, 5) is 8.06. The third kappa shape index (κ3) is 4.29. The molecule has 8 heteroatoms. The lowest BCUT2D eigenvalue weighted by molar-refractivity contribution is -0.141. The van der Waals surface area contributed by atoms with Crippen LogP contribution < -0.4 is 5.32 Å². The Balaban J connectivity index is 1.96. The van der Waals surface area contributed by atoms with Crippen molar-refractivity contribution in [2.45, 2.75) is 57.7 Å². The summed E-state index contributed by atoms with van der Waals surface area (Å²) in [5.41, 5.74) is 0.523. The predicted molar refractivity (Wildman–Crippen MR) is 89.1 cm³/mol. The second-order valence-electron chi connectivity index (χ2n) is 6.59. The summed E-state index contributed by atoms with van der Waals surface area (Å²) in [5.74, 6) is 0.0416. The highest BCUT2D eigenvalue weighted by Crippen LogP contribution is 2.32. The van der Waals surface area contributed by atoms with Gasteiger partial charge in [-0.1, -0.05) is 25.7 Å². The lowest BCUT2D eigenvalue weighted by Crippen LogP contribution is -2.21. The highest BCUT2D eigenvalue weighted by Gasteiger charge is 2.34. The largest absolute Gasteiger partial charge is 0.433 e. The van der Waals surface area contributed by atoms with Crippen molar-refractivity contribution in [2.24, 2.45) is 7.05 Å². The molecule has 1 aliphatic carbocycles. The number of aromatic nitrogens is 4. The van der Waals surface area contributed by atoms with Crippen LogP contribution in [0.3, 0.4) is 0 Å². The number of hydrogen-bond donors (Lipinski definition) is 1. The van der Waals surface area contributed by atoms with Crippen LogP contribution in [0.15, 0.2) is 12.3 Å². The molecule has 1 fully saturated rings. The van der Waals surface area contributed by atoms with Gasteiger partial charge in [-0.25, -0.2) is 9.97 Å². The molecule has 1 N–H and O–H groups in total. The fourth-order valence-corrected chi connectivity index (χ4v) is 3.25. The molecule has 136 valence electrons. The summed E-state index contributed by atoms with van der Waals surface area (Å²) in [5, 5.41) is 7.31. The first-order valence-corrected chi connectivity index (χ1v) is 8.56. The summed E-state index contributed by atoms with van der Waals surface area (Å²) < 4.78 is 41.4. The molecule has 2 aromatic rings. The molecular formula is C17H22F3N5. The monoisotopic (exact) mass is 353 g/mol. The maximum atomic E-state index is 13.3. The van der Waals surface area contributed by atoms with Crippen molar-refractivity contribution in [1.29, 1.82) is 0 Å². The SMILES string of the molecule is Cc1nn(C)cc1-c1cc(C(F)(F)F)nc(NC2CCCCCC2)n1. The zero-order valence-electron chi connectivity index (χ0n) is 14.4. The molecule has 0 spiro atoms. The van der Waals surface area contributed by atoms with Crippen molar-refractivity contribution in [1.82, 2.24) is 19.7 Å². The van der Waals surface area contributed by atoms with Gasteiger partial charge in [0.15, 0.2) is 5.69 Å². The van der Waals surface area contributed by atoms with Gasteiger partial charge in [0.1, 0.15) is 0 Å². The predicted octanol–water partition coefficient (Wildman–Crippen LogP) is 4.34. The first-order valence-electron chi connectivity index (χ1n) is 8.56. The van der Waals surface area contributed by atoms with Crippen molar-refractivity contribution in [3.8, 4) is 11.3 Å². The van der Waals surface area contributed by atoms with E-state index >= 15 is 0 Å². The van der Waals surface area contributed by atoms with Gasteiger partial charge in [-0.05, 0) is 25.8 Å². The zero-order valence-corrected chi connectivity index (χ0v) is 14.4. The molecule has 0 unspecified atom stereocenters. The van der Waals surface area contributed by atoms with Gasteiger partial charge in [0.2, 0.25) is 5.95 Å². The Bertz CT molecular complexity index is 730. The molecule has 1 saturated carbocycles. The van der Waals surface area contributed by atoms with Crippen molar-refractivity contribution >= 4 is 5.95 Å². The van der Waals surface area contributed by atoms with Crippen LogP contribution in [0.4, 0.5) is 19.1 Å². The fraction of sp³-hybridized carbons (Fsp3) is 0.588. The summed E-state index contributed by atoms with van der Waals surface area (Å²) in [7, 11) is 1.73. The van der Waals surface area contributed by atoms with Crippen molar-refractivity contribution < 1.29 is 13.2 Å². The van der Waals surface area contributed by atoms with Crippen LogP contribution in [-0.2, 0) is 13.2 Å². The van der Waals surface area contributed by atoms with E-state index in [0.29, 0.717) is 11.3 Å². The molecule has 0 aliphatic heterocycles. The molecule has 0 aromatic carbocycles. The molecular weight excluding hydrogens is 331 g/mol. The molecule has 2 aromatic heterocycles. The minimum atomic E-state index is -4.52. The standard InChI is InChI=1S/C17H22F3N5/c1-11-13(10-25(2)24-11)14-9-15(17(18,19)20)23-16(22-14)21-12-7-5-3-4-6-8-12/h9-10,12H,3-8H2,1-2H3,(H,21,22,23). The molecule has 1 aliphatic rings. The van der Waals surface area contributed by atoms with Gasteiger partial charge >= 0.3 is 6.18 Å². The smallest absolute Gasteiger partial charge is 0.351 e. The summed E-state index contributed by atoms with van der Waals surface area (Å²) >= 11 is 0. The lowest BCUT2D eigenvalue weighted by atomic mass is 10.1. The number of nitrogens with one attached hydrogen (secondary N) is 1. The highest BCUT2D eigenvalue weighted by atomic mass is 19.4. The van der Waals surface area contributed by atoms with Crippen LogP contribution >= 0.6 is 0 Å². The number of hydrogen-bond acceptors (Lipinski definition) is 4. The quantitative estimate of drug-likeness (QED) is 0.834. The Morgan fingerprint density at radius 3 is 2.36 bits per heavy atom. The van der Waals surface area contributed by atoms with Gasteiger partial charge in [-0.3, -0.25) is 4.68 Å². The maximum absolute atomic E-state index is 13.3. The van der Waals surface area contributed by atoms with Crippen LogP contribution in [0.25, 0.3) is 11.3 Å². The van der Waals surface area contributed by atoms with E-state index in [2.05, 4.69) is 20.4 Å². The second kappa shape index (κ2) is 7.01. The first-order chi connectivity index (χ1) is 11.8. The number of alkyl halides is 3. The summed E-state index contributed by atoms with van der Waals surface area (Å²) in [6, 6.07) is 1.11. The highest BCUT2D eigenvalue weighted by molar-refractivity contribution is 5.62. The van der Waals surface area contributed by atoms with Gasteiger partial charge in [0.05, 0.1) is 11.4 Å². The molecule has 5 nitrogen and oxygen atoms in total. The normalized spacial score (nSPS) is 16.7. The van der Waals surface area contributed by atoms with E-state index in [9.17, 15) is 13.2 Å². The fourth-order valence-electron chi connectivity index (χ4n) is 3.25. The van der Waals surface area contributed by atoms with Crippen molar-refractivity contribution in [3.63, 3.8) is 0 Å². The van der Waals surface area contributed by atoms with E-state index in [1.807, 2.05) is 0 Å². The molecule has 0 bridgehead atoms. The van der Waals surface area contributed by atoms with Gasteiger partial charge in [-0.15, -0.1) is 0 Å². The van der Waals surface area contributed by atoms with Crippen LogP contribution in [0.5, 0.6) is 0 Å². The number of anilines is 1. The third-order valence-corrected chi connectivity index (χ3v) is 4.49. The van der Waals surface area contributed by atoms with Gasteiger partial charge in [0, 0.05) is 24.8 Å². The van der Waals surface area contributed by atoms with Crippen LogP contribution in [0.1, 0.15) is 49.9 Å². The molecule has 25 heavy (non-hydrogen) atoms. The van der Waals surface area contributed by atoms with E-state index in [1.165, 1.54) is 12.8 Å². The maximum Gasteiger partial charge on any atom is 0.433 e. The minimum Gasteiger partial charge on any atom is -0.351 e. The number of aryl methyl sites for hydroxylation is 2. The molecule has 0 amide bonds. The van der Waals surface area contributed by atoms with E-state index in [1.54, 1.807) is 24.9 Å². The van der Waals surface area contributed by atoms with Crippen LogP contribution in [0.2, 0.25) is 0 Å². The zero-order chi connectivity index (χ0) is 18.0. The van der Waals surface area contributed by atoms with E-state index in [0.717, 1.165) is 31.7 Å². The van der Waals surface area contributed by atoms with Gasteiger partial charge in [0.25, 0.3) is 0 Å². The third-order valence-electron chi connectivity index (χ3n) is 4.49. The summed E-state index contributed by atoms with van der Waals surface area (Å²) in [6.07, 6.45) is 3.50. The van der Waals surface area contributed by atoms with Crippen LogP contribution in [-0.4, -0.2) is 25.8 Å². The molecule has 0 saturated heterocycles. The Morgan fingerprint density at radius 2 is 1.80 bits per heavy atom. The van der Waals surface area contributed by atoms with E-state index in [-0.39, 0.29) is 17.7 Å². The topological polar surface area (TPSA) is 55.6 Å². The van der Waals surface area contributed by atoms with E-state index in [4.69, 9.17) is 0 Å². The Morgan fingerprint density at radius 1 is 1.12 bits per heavy atom. The summed E-state index contributed by atoms with van der Waals surface area (Å²) in [6.45, 7) is 1.75. The minimum absolute atomic E-state index is 0.0416. The molecule has 2 heterocycles. The average molecular weight is 353 g/mol. The van der Waals surface area contributed by atoms with Crippen LogP contribution in [0, 0.1) is 6.92 Å². The lowest BCUT2D eigenvalue weighted by Gasteiger charge is -2.18. The Labute approximate surface area is 144 Å². The molecule has 0 atom stereocenters.